The van der Waals surface area contributed by atoms with Crippen molar-refractivity contribution in [3.8, 4) is 11.5 Å². The van der Waals surface area contributed by atoms with Crippen LogP contribution in [0.15, 0.2) is 36.4 Å². The summed E-state index contributed by atoms with van der Waals surface area (Å²) in [6.07, 6.45) is 1.57. The number of rotatable bonds is 5. The van der Waals surface area contributed by atoms with Crippen LogP contribution in [-0.4, -0.2) is 24.2 Å². The maximum atomic E-state index is 6.05. The van der Waals surface area contributed by atoms with Crippen LogP contribution < -0.4 is 15.2 Å². The Hall–Kier alpha value is -2.82. The fourth-order valence-electron chi connectivity index (χ4n) is 2.88. The van der Waals surface area contributed by atoms with E-state index in [4.69, 9.17) is 15.2 Å². The molecule has 0 amide bonds. The Bertz CT molecular complexity index is 878. The second-order valence-electron chi connectivity index (χ2n) is 5.64. The molecule has 0 saturated carbocycles. The summed E-state index contributed by atoms with van der Waals surface area (Å²) >= 11 is 0. The maximum absolute atomic E-state index is 6.05. The van der Waals surface area contributed by atoms with E-state index in [2.05, 4.69) is 9.97 Å². The number of hydrogen-bond donors (Lipinski definition) is 1. The van der Waals surface area contributed by atoms with Crippen molar-refractivity contribution >= 4 is 16.6 Å². The lowest BCUT2D eigenvalue weighted by molar-refractivity contribution is 0.397. The summed E-state index contributed by atoms with van der Waals surface area (Å²) in [5.41, 5.74) is 9.76. The zero-order valence-corrected chi connectivity index (χ0v) is 14.2. The molecule has 0 aliphatic carbocycles. The summed E-state index contributed by atoms with van der Waals surface area (Å²) in [5, 5.41) is 0.929. The highest BCUT2D eigenvalue weighted by atomic mass is 16.5. The number of methoxy groups -OCH3 is 2. The van der Waals surface area contributed by atoms with Crippen molar-refractivity contribution in [2.75, 3.05) is 20.0 Å². The number of fused-ring (bicyclic) bond motifs is 1. The average Bonchev–Trinajstić information content (AvgIpc) is 2.59. The molecule has 0 saturated heterocycles. The van der Waals surface area contributed by atoms with Crippen LogP contribution in [0, 0.1) is 6.92 Å². The average molecular weight is 323 g/mol. The van der Waals surface area contributed by atoms with Gasteiger partial charge in [0.1, 0.15) is 17.3 Å². The van der Waals surface area contributed by atoms with E-state index in [1.165, 1.54) is 0 Å². The monoisotopic (exact) mass is 323 g/mol. The number of aryl methyl sites for hydroxylation is 3. The normalized spacial score (nSPS) is 10.8. The summed E-state index contributed by atoms with van der Waals surface area (Å²) in [6.45, 7) is 1.89. The van der Waals surface area contributed by atoms with Gasteiger partial charge in [0.15, 0.2) is 0 Å². The van der Waals surface area contributed by atoms with Crippen LogP contribution in [0.25, 0.3) is 10.9 Å². The highest BCUT2D eigenvalue weighted by Crippen LogP contribution is 2.32. The van der Waals surface area contributed by atoms with Gasteiger partial charge in [-0.2, -0.15) is 0 Å². The zero-order valence-electron chi connectivity index (χ0n) is 14.2. The molecule has 2 aromatic carbocycles. The minimum Gasteiger partial charge on any atom is -0.497 e. The van der Waals surface area contributed by atoms with E-state index in [1.807, 2.05) is 43.3 Å². The predicted molar refractivity (Wildman–Crippen MR) is 95.6 cm³/mol. The summed E-state index contributed by atoms with van der Waals surface area (Å²) in [5.74, 6) is 2.17. The molecule has 0 fully saturated rings. The van der Waals surface area contributed by atoms with Crippen molar-refractivity contribution in [1.29, 1.82) is 0 Å². The first-order valence-electron chi connectivity index (χ1n) is 7.85. The molecule has 1 heterocycles. The Morgan fingerprint density at radius 1 is 1.00 bits per heavy atom. The third-order valence-corrected chi connectivity index (χ3v) is 4.06. The van der Waals surface area contributed by atoms with Crippen LogP contribution in [0.1, 0.15) is 17.1 Å². The van der Waals surface area contributed by atoms with E-state index in [9.17, 15) is 0 Å². The molecule has 0 atom stereocenters. The van der Waals surface area contributed by atoms with Crippen molar-refractivity contribution in [3.63, 3.8) is 0 Å². The van der Waals surface area contributed by atoms with Crippen molar-refractivity contribution < 1.29 is 9.47 Å². The second-order valence-corrected chi connectivity index (χ2v) is 5.64. The summed E-state index contributed by atoms with van der Waals surface area (Å²) in [7, 11) is 3.28. The molecule has 5 nitrogen and oxygen atoms in total. The molecule has 0 spiro atoms. The number of hydrogen-bond acceptors (Lipinski definition) is 5. The fraction of sp³-hybridized carbons (Fsp3) is 0.263. The Labute approximate surface area is 141 Å². The van der Waals surface area contributed by atoms with Gasteiger partial charge in [-0.15, -0.1) is 0 Å². The SMILES string of the molecule is COc1cc(OC)c2c(CCc3ccccc3N)nc(C)nc2c1. The van der Waals surface area contributed by atoms with Crippen LogP contribution >= 0.6 is 0 Å². The third-order valence-electron chi connectivity index (χ3n) is 4.06. The number of anilines is 1. The van der Waals surface area contributed by atoms with Crippen molar-refractivity contribution in [2.24, 2.45) is 0 Å². The number of ether oxygens (including phenoxy) is 2. The topological polar surface area (TPSA) is 70.3 Å². The third kappa shape index (κ3) is 3.11. The Morgan fingerprint density at radius 2 is 1.79 bits per heavy atom. The zero-order chi connectivity index (χ0) is 17.1. The van der Waals surface area contributed by atoms with Crippen molar-refractivity contribution in [3.05, 3.63) is 53.5 Å². The lowest BCUT2D eigenvalue weighted by Gasteiger charge is -2.13. The smallest absolute Gasteiger partial charge is 0.133 e. The van der Waals surface area contributed by atoms with Crippen molar-refractivity contribution in [2.45, 2.75) is 19.8 Å². The molecule has 1 aromatic heterocycles. The summed E-state index contributed by atoms with van der Waals surface area (Å²) in [4.78, 5) is 9.17. The predicted octanol–water partition coefficient (Wildman–Crippen LogP) is 3.32. The molecular weight excluding hydrogens is 302 g/mol. The van der Waals surface area contributed by atoms with E-state index in [0.29, 0.717) is 0 Å². The van der Waals surface area contributed by atoms with Crippen molar-refractivity contribution in [1.82, 2.24) is 9.97 Å². The van der Waals surface area contributed by atoms with E-state index in [1.54, 1.807) is 14.2 Å². The molecular formula is C19H21N3O2. The quantitative estimate of drug-likeness (QED) is 0.729. The number of aromatic nitrogens is 2. The largest absolute Gasteiger partial charge is 0.497 e. The molecule has 0 aliphatic heterocycles. The molecule has 124 valence electrons. The van der Waals surface area contributed by atoms with Crippen LogP contribution in [-0.2, 0) is 12.8 Å². The number of benzene rings is 2. The summed E-state index contributed by atoms with van der Waals surface area (Å²) < 4.78 is 10.9. The molecule has 24 heavy (non-hydrogen) atoms. The first-order chi connectivity index (χ1) is 11.6. The molecule has 3 aromatic rings. The number of nitrogen functional groups attached to an aromatic ring is 1. The van der Waals surface area contributed by atoms with Gasteiger partial charge in [0.05, 0.1) is 30.8 Å². The van der Waals surface area contributed by atoms with E-state index in [-0.39, 0.29) is 0 Å². The molecule has 2 N–H and O–H groups in total. The second kappa shape index (κ2) is 6.74. The van der Waals surface area contributed by atoms with Gasteiger partial charge in [-0.1, -0.05) is 18.2 Å². The highest BCUT2D eigenvalue weighted by molar-refractivity contribution is 5.89. The number of nitrogens with two attached hydrogens (primary N) is 1. The van der Waals surface area contributed by atoms with Crippen LogP contribution in [0.5, 0.6) is 11.5 Å². The van der Waals surface area contributed by atoms with Crippen LogP contribution in [0.4, 0.5) is 5.69 Å². The molecule has 0 bridgehead atoms. The first-order valence-corrected chi connectivity index (χ1v) is 7.85. The van der Waals surface area contributed by atoms with Gasteiger partial charge in [-0.25, -0.2) is 9.97 Å². The van der Waals surface area contributed by atoms with Gasteiger partial charge in [-0.05, 0) is 31.4 Å². The minimum absolute atomic E-state index is 0.718. The number of para-hydroxylation sites is 1. The molecule has 0 aliphatic rings. The molecule has 0 radical (unpaired) electrons. The first kappa shape index (κ1) is 16.1. The highest BCUT2D eigenvalue weighted by Gasteiger charge is 2.14. The van der Waals surface area contributed by atoms with Gasteiger partial charge in [0.25, 0.3) is 0 Å². The van der Waals surface area contributed by atoms with Gasteiger partial charge < -0.3 is 15.2 Å². The Morgan fingerprint density at radius 3 is 2.50 bits per heavy atom. The maximum Gasteiger partial charge on any atom is 0.133 e. The van der Waals surface area contributed by atoms with E-state index < -0.39 is 0 Å². The van der Waals surface area contributed by atoms with E-state index in [0.717, 1.165) is 58.0 Å². The Kier molecular flexibility index (Phi) is 4.51. The minimum atomic E-state index is 0.718. The van der Waals surface area contributed by atoms with Gasteiger partial charge in [0, 0.05) is 17.8 Å². The van der Waals surface area contributed by atoms with Gasteiger partial charge >= 0.3 is 0 Å². The molecule has 5 heteroatoms. The lowest BCUT2D eigenvalue weighted by atomic mass is 10.0. The standard InChI is InChI=1S/C19H21N3O2/c1-12-21-16(9-8-13-6-4-5-7-15(13)20)19-17(22-12)10-14(23-2)11-18(19)24-3/h4-7,10-11H,8-9,20H2,1-3H3. The van der Waals surface area contributed by atoms with E-state index >= 15 is 0 Å². The Balaban J connectivity index is 2.05. The van der Waals surface area contributed by atoms with Gasteiger partial charge in [0.2, 0.25) is 0 Å². The van der Waals surface area contributed by atoms with Crippen LogP contribution in [0.3, 0.4) is 0 Å². The number of nitrogens with zero attached hydrogens (tertiary/aromatic N) is 2. The van der Waals surface area contributed by atoms with Gasteiger partial charge in [-0.3, -0.25) is 0 Å². The lowest BCUT2D eigenvalue weighted by Crippen LogP contribution is -2.03. The molecule has 0 unspecified atom stereocenters. The summed E-state index contributed by atoms with van der Waals surface area (Å²) in [6, 6.07) is 11.7. The fourth-order valence-corrected chi connectivity index (χ4v) is 2.88. The molecule has 3 rings (SSSR count). The van der Waals surface area contributed by atoms with Crippen LogP contribution in [0.2, 0.25) is 0 Å².